The molecule has 0 unspecified atom stereocenters. The third-order valence-electron chi connectivity index (χ3n) is 6.22. The first-order valence-electron chi connectivity index (χ1n) is 10.8. The van der Waals surface area contributed by atoms with E-state index in [1.54, 1.807) is 13.4 Å². The van der Waals surface area contributed by atoms with Crippen LogP contribution in [0.1, 0.15) is 24.1 Å². The summed E-state index contributed by atoms with van der Waals surface area (Å²) in [6.45, 7) is 7.49. The van der Waals surface area contributed by atoms with Gasteiger partial charge in [-0.15, -0.1) is 0 Å². The number of anilines is 1. The number of benzene rings is 1. The highest BCUT2D eigenvalue weighted by Gasteiger charge is 2.25. The largest absolute Gasteiger partial charge is 0.490 e. The Bertz CT molecular complexity index is 1210. The maximum absolute atomic E-state index is 6.48. The summed E-state index contributed by atoms with van der Waals surface area (Å²) in [7, 11) is 1.73. The summed E-state index contributed by atoms with van der Waals surface area (Å²) in [4.78, 5) is 11.2. The maximum atomic E-state index is 6.48. The third kappa shape index (κ3) is 3.61. The van der Waals surface area contributed by atoms with Gasteiger partial charge in [-0.3, -0.25) is 0 Å². The maximum Gasteiger partial charge on any atom is 0.254 e. The summed E-state index contributed by atoms with van der Waals surface area (Å²) in [5.41, 5.74) is 3.33. The molecule has 4 aromatic rings. The Balaban J connectivity index is 1.32. The fraction of sp³-hybridized carbons (Fsp3) is 0.435. The van der Waals surface area contributed by atoms with Gasteiger partial charge in [-0.1, -0.05) is 6.07 Å². The van der Waals surface area contributed by atoms with Crippen molar-refractivity contribution in [3.05, 3.63) is 48.0 Å². The molecule has 0 bridgehead atoms. The van der Waals surface area contributed by atoms with Crippen LogP contribution in [-0.4, -0.2) is 57.1 Å². The van der Waals surface area contributed by atoms with Crippen LogP contribution in [0.15, 0.2) is 36.8 Å². The molecule has 162 valence electrons. The molecule has 1 saturated heterocycles. The van der Waals surface area contributed by atoms with Crippen LogP contribution in [0, 0.1) is 13.8 Å². The molecule has 8 nitrogen and oxygen atoms in total. The van der Waals surface area contributed by atoms with Crippen molar-refractivity contribution in [3.63, 3.8) is 0 Å². The molecule has 0 radical (unpaired) electrons. The summed E-state index contributed by atoms with van der Waals surface area (Å²) in [6.07, 6.45) is 5.78. The van der Waals surface area contributed by atoms with Gasteiger partial charge in [-0.05, 0) is 32.0 Å². The zero-order valence-electron chi connectivity index (χ0n) is 18.3. The molecule has 0 aliphatic carbocycles. The van der Waals surface area contributed by atoms with Gasteiger partial charge < -0.3 is 18.9 Å². The van der Waals surface area contributed by atoms with E-state index in [9.17, 15) is 0 Å². The summed E-state index contributed by atoms with van der Waals surface area (Å²) in [5, 5.41) is 5.56. The monoisotopic (exact) mass is 420 g/mol. The van der Waals surface area contributed by atoms with Crippen LogP contribution < -0.4 is 9.64 Å². The summed E-state index contributed by atoms with van der Waals surface area (Å²) in [6, 6.07) is 8.42. The van der Waals surface area contributed by atoms with Gasteiger partial charge in [0, 0.05) is 62.4 Å². The molecule has 1 fully saturated rings. The van der Waals surface area contributed by atoms with Crippen LogP contribution in [0.25, 0.3) is 16.7 Å². The van der Waals surface area contributed by atoms with Gasteiger partial charge in [0.05, 0.1) is 12.1 Å². The second-order valence-corrected chi connectivity index (χ2v) is 8.11. The molecule has 0 atom stereocenters. The van der Waals surface area contributed by atoms with Crippen molar-refractivity contribution >= 4 is 22.5 Å². The Morgan fingerprint density at radius 1 is 1.13 bits per heavy atom. The minimum Gasteiger partial charge on any atom is -0.490 e. The van der Waals surface area contributed by atoms with Crippen LogP contribution in [0.5, 0.6) is 5.75 Å². The van der Waals surface area contributed by atoms with E-state index in [4.69, 9.17) is 9.47 Å². The molecule has 0 saturated carbocycles. The molecule has 0 N–H and O–H groups in total. The van der Waals surface area contributed by atoms with E-state index >= 15 is 0 Å². The number of hydrogen-bond acceptors (Lipinski definition) is 6. The molecule has 1 aliphatic heterocycles. The lowest BCUT2D eigenvalue weighted by molar-refractivity contribution is 0.172. The molecular weight excluding hydrogens is 392 g/mol. The highest BCUT2D eigenvalue weighted by atomic mass is 16.5. The summed E-state index contributed by atoms with van der Waals surface area (Å²) < 4.78 is 15.8. The highest BCUT2D eigenvalue weighted by molar-refractivity contribution is 5.86. The van der Waals surface area contributed by atoms with Crippen LogP contribution in [0.4, 0.5) is 5.82 Å². The van der Waals surface area contributed by atoms with Gasteiger partial charge in [0.1, 0.15) is 24.0 Å². The van der Waals surface area contributed by atoms with Gasteiger partial charge in [-0.2, -0.15) is 14.6 Å². The van der Waals surface area contributed by atoms with E-state index in [-0.39, 0.29) is 6.10 Å². The van der Waals surface area contributed by atoms with Gasteiger partial charge in [-0.25, -0.2) is 4.98 Å². The van der Waals surface area contributed by atoms with Crippen molar-refractivity contribution in [3.8, 4) is 5.75 Å². The number of ether oxygens (including phenoxy) is 2. The highest BCUT2D eigenvalue weighted by Crippen LogP contribution is 2.31. The van der Waals surface area contributed by atoms with Gasteiger partial charge in [0.2, 0.25) is 0 Å². The van der Waals surface area contributed by atoms with Crippen molar-refractivity contribution in [2.45, 2.75) is 39.3 Å². The lowest BCUT2D eigenvalue weighted by Crippen LogP contribution is -2.39. The number of piperidine rings is 1. The van der Waals surface area contributed by atoms with Gasteiger partial charge in [0.15, 0.2) is 0 Å². The van der Waals surface area contributed by atoms with Crippen molar-refractivity contribution < 1.29 is 9.47 Å². The number of methoxy groups -OCH3 is 1. The molecule has 4 heterocycles. The second kappa shape index (κ2) is 8.19. The van der Waals surface area contributed by atoms with E-state index in [0.717, 1.165) is 60.7 Å². The van der Waals surface area contributed by atoms with Crippen LogP contribution in [0.2, 0.25) is 0 Å². The number of aryl methyl sites for hydroxylation is 1. The normalized spacial score (nSPS) is 15.3. The molecule has 5 rings (SSSR count). The van der Waals surface area contributed by atoms with Gasteiger partial charge >= 0.3 is 0 Å². The summed E-state index contributed by atoms with van der Waals surface area (Å²) in [5.74, 6) is 2.71. The van der Waals surface area contributed by atoms with E-state index in [2.05, 4.69) is 61.9 Å². The molecule has 1 aromatic carbocycles. The molecule has 31 heavy (non-hydrogen) atoms. The fourth-order valence-electron chi connectivity index (χ4n) is 4.43. The van der Waals surface area contributed by atoms with Crippen LogP contribution in [0.3, 0.4) is 0 Å². The number of nitrogens with zero attached hydrogens (tertiary/aromatic N) is 6. The zero-order valence-corrected chi connectivity index (χ0v) is 18.3. The quantitative estimate of drug-likeness (QED) is 0.476. The van der Waals surface area contributed by atoms with Crippen molar-refractivity contribution in [1.82, 2.24) is 24.1 Å². The van der Waals surface area contributed by atoms with Crippen LogP contribution in [-0.2, 0) is 11.3 Å². The average Bonchev–Trinajstić information content (AvgIpc) is 3.41. The Morgan fingerprint density at radius 3 is 2.77 bits per heavy atom. The lowest BCUT2D eigenvalue weighted by atomic mass is 10.1. The Morgan fingerprint density at radius 2 is 1.97 bits per heavy atom. The minimum absolute atomic E-state index is 0.193. The number of fused-ring (bicyclic) bond motifs is 2. The smallest absolute Gasteiger partial charge is 0.254 e. The van der Waals surface area contributed by atoms with Crippen LogP contribution >= 0.6 is 0 Å². The molecule has 8 heteroatoms. The van der Waals surface area contributed by atoms with E-state index in [1.807, 2.05) is 11.4 Å². The molecule has 0 amide bonds. The molecular formula is C23H28N6O2. The first-order chi connectivity index (χ1) is 15.2. The second-order valence-electron chi connectivity index (χ2n) is 8.11. The molecule has 0 spiro atoms. The lowest BCUT2D eigenvalue weighted by Gasteiger charge is -2.34. The molecule has 3 aromatic heterocycles. The Hall–Kier alpha value is -3.13. The van der Waals surface area contributed by atoms with Crippen molar-refractivity contribution in [2.75, 3.05) is 31.7 Å². The standard InChI is InChI=1S/C23H28N6O2/c1-16-17(2)26-23-24-15-25-29(23)22(16)28-10-7-18(8-11-28)31-21-6-4-5-20-19(21)9-12-27(20)13-14-30-3/h4-6,9,12,15,18H,7-8,10-11,13-14H2,1-3H3. The number of aromatic nitrogens is 5. The topological polar surface area (TPSA) is 69.7 Å². The van der Waals surface area contributed by atoms with E-state index in [1.165, 1.54) is 5.52 Å². The number of hydrogen-bond donors (Lipinski definition) is 0. The average molecular weight is 421 g/mol. The van der Waals surface area contributed by atoms with E-state index < -0.39 is 0 Å². The van der Waals surface area contributed by atoms with Crippen molar-refractivity contribution in [2.24, 2.45) is 0 Å². The zero-order chi connectivity index (χ0) is 21.4. The first kappa shape index (κ1) is 19.8. The third-order valence-corrected chi connectivity index (χ3v) is 6.22. The Kier molecular flexibility index (Phi) is 5.23. The fourth-order valence-corrected chi connectivity index (χ4v) is 4.43. The predicted molar refractivity (Wildman–Crippen MR) is 120 cm³/mol. The van der Waals surface area contributed by atoms with E-state index in [0.29, 0.717) is 12.4 Å². The van der Waals surface area contributed by atoms with Gasteiger partial charge in [0.25, 0.3) is 5.78 Å². The predicted octanol–water partition coefficient (Wildman–Crippen LogP) is 3.39. The van der Waals surface area contributed by atoms with Crippen molar-refractivity contribution in [1.29, 1.82) is 0 Å². The molecule has 1 aliphatic rings. The minimum atomic E-state index is 0.193. The Labute approximate surface area is 181 Å². The SMILES string of the molecule is COCCn1ccc2c(OC3CCN(c4c(C)c(C)nc5ncnn45)CC3)cccc21. The number of rotatable bonds is 6. The summed E-state index contributed by atoms with van der Waals surface area (Å²) >= 11 is 0. The first-order valence-corrected chi connectivity index (χ1v) is 10.8.